The standard InChI is InChI=1S/C25H21FNOP/c1-28-22-17-15-21(16-18-22)27-29(23-10-4-2-5-11-23,24-12-6-3-7-13-24)25-14-8-9-20(26)19-25/h2-19H,1H3. The van der Waals surface area contributed by atoms with E-state index in [4.69, 9.17) is 9.48 Å². The van der Waals surface area contributed by atoms with Gasteiger partial charge in [-0.25, -0.2) is 4.39 Å². The third-order valence-electron chi connectivity index (χ3n) is 4.78. The predicted molar refractivity (Wildman–Crippen MR) is 120 cm³/mol. The number of methoxy groups -OCH3 is 1. The molecule has 4 heteroatoms. The van der Waals surface area contributed by atoms with Crippen LogP contribution in [-0.2, 0) is 0 Å². The number of rotatable bonds is 5. The summed E-state index contributed by atoms with van der Waals surface area (Å²) in [5.41, 5.74) is 0.830. The van der Waals surface area contributed by atoms with Crippen LogP contribution in [0.3, 0.4) is 0 Å². The summed E-state index contributed by atoms with van der Waals surface area (Å²) in [5.74, 6) is 0.515. The zero-order valence-electron chi connectivity index (χ0n) is 16.1. The van der Waals surface area contributed by atoms with Gasteiger partial charge in [-0.2, -0.15) is 0 Å². The molecular weight excluding hydrogens is 380 g/mol. The van der Waals surface area contributed by atoms with Crippen LogP contribution in [0.4, 0.5) is 10.1 Å². The maximum atomic E-state index is 14.3. The number of halogens is 1. The largest absolute Gasteiger partial charge is 0.497 e. The van der Waals surface area contributed by atoms with Crippen molar-refractivity contribution in [3.05, 3.63) is 115 Å². The van der Waals surface area contributed by atoms with E-state index in [9.17, 15) is 4.39 Å². The monoisotopic (exact) mass is 401 g/mol. The first kappa shape index (κ1) is 19.2. The quantitative estimate of drug-likeness (QED) is 0.397. The van der Waals surface area contributed by atoms with E-state index in [0.29, 0.717) is 0 Å². The first-order valence-electron chi connectivity index (χ1n) is 9.36. The van der Waals surface area contributed by atoms with Gasteiger partial charge in [0.25, 0.3) is 0 Å². The van der Waals surface area contributed by atoms with Gasteiger partial charge in [0.15, 0.2) is 0 Å². The maximum absolute atomic E-state index is 14.3. The van der Waals surface area contributed by atoms with E-state index < -0.39 is 7.05 Å². The lowest BCUT2D eigenvalue weighted by Gasteiger charge is -2.27. The summed E-state index contributed by atoms with van der Waals surface area (Å²) < 4.78 is 24.9. The molecule has 0 saturated heterocycles. The summed E-state index contributed by atoms with van der Waals surface area (Å²) >= 11 is 0. The normalized spacial score (nSPS) is 11.1. The molecule has 29 heavy (non-hydrogen) atoms. The molecule has 0 aliphatic rings. The lowest BCUT2D eigenvalue weighted by molar-refractivity contribution is 0.415. The van der Waals surface area contributed by atoms with E-state index in [0.717, 1.165) is 27.4 Å². The molecule has 4 aromatic carbocycles. The molecule has 0 atom stereocenters. The molecule has 0 spiro atoms. The van der Waals surface area contributed by atoms with Crippen LogP contribution < -0.4 is 20.7 Å². The number of hydrogen-bond acceptors (Lipinski definition) is 2. The zero-order valence-corrected chi connectivity index (χ0v) is 17.0. The number of ether oxygens (including phenoxy) is 1. The number of benzene rings is 4. The fraction of sp³-hybridized carbons (Fsp3) is 0.0400. The van der Waals surface area contributed by atoms with Gasteiger partial charge in [-0.05, 0) is 36.4 Å². The average Bonchev–Trinajstić information content (AvgIpc) is 2.79. The Morgan fingerprint density at radius 1 is 0.655 bits per heavy atom. The van der Waals surface area contributed by atoms with E-state index in [1.165, 1.54) is 6.07 Å². The summed E-state index contributed by atoms with van der Waals surface area (Å²) in [7, 11) is -0.839. The van der Waals surface area contributed by atoms with Crippen LogP contribution in [0.2, 0.25) is 0 Å². The van der Waals surface area contributed by atoms with Gasteiger partial charge in [0.1, 0.15) is 11.6 Å². The summed E-state index contributed by atoms with van der Waals surface area (Å²) in [5, 5.41) is 3.03. The van der Waals surface area contributed by atoms with Gasteiger partial charge >= 0.3 is 0 Å². The van der Waals surface area contributed by atoms with Gasteiger partial charge in [0.2, 0.25) is 0 Å². The average molecular weight is 401 g/mol. The summed E-state index contributed by atoms with van der Waals surface area (Å²) in [6.07, 6.45) is 0. The van der Waals surface area contributed by atoms with Crippen molar-refractivity contribution in [3.63, 3.8) is 0 Å². The van der Waals surface area contributed by atoms with Gasteiger partial charge in [-0.1, -0.05) is 72.8 Å². The fourth-order valence-corrected chi connectivity index (χ4v) is 6.95. The maximum Gasteiger partial charge on any atom is 0.123 e. The lowest BCUT2D eigenvalue weighted by atomic mass is 10.3. The Balaban J connectivity index is 2.09. The van der Waals surface area contributed by atoms with Crippen LogP contribution in [0.5, 0.6) is 5.75 Å². The van der Waals surface area contributed by atoms with Crippen LogP contribution in [0.25, 0.3) is 0 Å². The topological polar surface area (TPSA) is 21.6 Å². The molecule has 4 rings (SSSR count). The molecule has 0 saturated carbocycles. The zero-order chi connectivity index (χ0) is 20.1. The molecule has 0 amide bonds. The molecular formula is C25H21FNOP. The van der Waals surface area contributed by atoms with Gasteiger partial charge in [0, 0.05) is 15.9 Å². The molecule has 0 aliphatic carbocycles. The van der Waals surface area contributed by atoms with Crippen LogP contribution in [0.15, 0.2) is 114 Å². The first-order valence-corrected chi connectivity index (χ1v) is 11.1. The molecule has 2 nitrogen and oxygen atoms in total. The lowest BCUT2D eigenvalue weighted by Crippen LogP contribution is -2.25. The molecule has 4 aromatic rings. The van der Waals surface area contributed by atoms with Gasteiger partial charge in [-0.3, -0.25) is 4.74 Å². The minimum Gasteiger partial charge on any atom is -0.497 e. The van der Waals surface area contributed by atoms with Crippen molar-refractivity contribution in [2.75, 3.05) is 7.11 Å². The fourth-order valence-electron chi connectivity index (χ4n) is 3.41. The van der Waals surface area contributed by atoms with Crippen LogP contribution in [-0.4, -0.2) is 7.11 Å². The van der Waals surface area contributed by atoms with Crippen molar-refractivity contribution < 1.29 is 9.13 Å². The SMILES string of the molecule is COc1ccc(N=P(c2ccccc2)(c2ccccc2)c2cccc(F)c2)cc1. The highest BCUT2D eigenvalue weighted by Crippen LogP contribution is 2.49. The second-order valence-electron chi connectivity index (χ2n) is 6.58. The van der Waals surface area contributed by atoms with E-state index in [1.807, 2.05) is 66.7 Å². The minimum absolute atomic E-state index is 0.260. The van der Waals surface area contributed by atoms with Gasteiger partial charge in [-0.15, -0.1) is 0 Å². The van der Waals surface area contributed by atoms with E-state index >= 15 is 0 Å². The van der Waals surface area contributed by atoms with Crippen molar-refractivity contribution in [3.8, 4) is 5.75 Å². The highest BCUT2D eigenvalue weighted by Gasteiger charge is 2.27. The van der Waals surface area contributed by atoms with Crippen LogP contribution >= 0.6 is 7.05 Å². The molecule has 0 N–H and O–H groups in total. The number of hydrogen-bond donors (Lipinski definition) is 0. The molecule has 0 aromatic heterocycles. The molecule has 0 radical (unpaired) electrons. The van der Waals surface area contributed by atoms with Gasteiger partial charge < -0.3 is 4.74 Å². The highest BCUT2D eigenvalue weighted by molar-refractivity contribution is 7.87. The molecule has 0 heterocycles. The third kappa shape index (κ3) is 3.87. The van der Waals surface area contributed by atoms with E-state index in [2.05, 4.69) is 24.3 Å². The van der Waals surface area contributed by atoms with Crippen LogP contribution in [0, 0.1) is 5.82 Å². The highest BCUT2D eigenvalue weighted by atomic mass is 31.2. The number of nitrogens with zero attached hydrogens (tertiary/aromatic N) is 1. The van der Waals surface area contributed by atoms with Crippen molar-refractivity contribution in [2.45, 2.75) is 0 Å². The Labute approximate surface area is 170 Å². The Bertz CT molecular complexity index is 1100. The Morgan fingerprint density at radius 2 is 1.21 bits per heavy atom. The summed E-state index contributed by atoms with van der Waals surface area (Å²) in [4.78, 5) is 0. The summed E-state index contributed by atoms with van der Waals surface area (Å²) in [6, 6.07) is 34.8. The molecule has 144 valence electrons. The Morgan fingerprint density at radius 3 is 1.72 bits per heavy atom. The van der Waals surface area contributed by atoms with E-state index in [-0.39, 0.29) is 5.82 Å². The minimum atomic E-state index is -2.48. The second kappa shape index (κ2) is 8.46. The van der Waals surface area contributed by atoms with Crippen molar-refractivity contribution >= 4 is 28.7 Å². The predicted octanol–water partition coefficient (Wildman–Crippen LogP) is 5.64. The summed E-state index contributed by atoms with van der Waals surface area (Å²) in [6.45, 7) is 0. The molecule has 0 aliphatic heterocycles. The van der Waals surface area contributed by atoms with Crippen molar-refractivity contribution in [1.29, 1.82) is 0 Å². The Hall–Kier alpha value is -3.16. The van der Waals surface area contributed by atoms with Crippen molar-refractivity contribution in [1.82, 2.24) is 0 Å². The Kier molecular flexibility index (Phi) is 5.59. The van der Waals surface area contributed by atoms with Crippen molar-refractivity contribution in [2.24, 2.45) is 4.74 Å². The molecule has 0 bridgehead atoms. The van der Waals surface area contributed by atoms with Gasteiger partial charge in [0.05, 0.1) is 19.9 Å². The second-order valence-corrected chi connectivity index (χ2v) is 9.60. The smallest absolute Gasteiger partial charge is 0.123 e. The first-order chi connectivity index (χ1) is 14.2. The van der Waals surface area contributed by atoms with Crippen LogP contribution in [0.1, 0.15) is 0 Å². The molecule has 0 fully saturated rings. The third-order valence-corrected chi connectivity index (χ3v) is 8.43. The van der Waals surface area contributed by atoms with E-state index in [1.54, 1.807) is 19.2 Å². The molecule has 0 unspecified atom stereocenters.